The molecule has 8 nitrogen and oxygen atoms in total. The van der Waals surface area contributed by atoms with E-state index in [1.165, 1.54) is 19.3 Å². The van der Waals surface area contributed by atoms with Crippen molar-refractivity contribution in [2.45, 2.75) is 6.92 Å². The summed E-state index contributed by atoms with van der Waals surface area (Å²) in [6, 6.07) is 8.90. The van der Waals surface area contributed by atoms with Gasteiger partial charge in [0.2, 0.25) is 0 Å². The van der Waals surface area contributed by atoms with Gasteiger partial charge in [-0.1, -0.05) is 29.3 Å². The lowest BCUT2D eigenvalue weighted by atomic mass is 10.1. The zero-order valence-corrected chi connectivity index (χ0v) is 18.7. The molecule has 1 aliphatic heterocycles. The van der Waals surface area contributed by atoms with Gasteiger partial charge in [-0.15, -0.1) is 0 Å². The average Bonchev–Trinajstić information content (AvgIpc) is 2.71. The van der Waals surface area contributed by atoms with Gasteiger partial charge in [0, 0.05) is 0 Å². The molecule has 1 saturated heterocycles. The summed E-state index contributed by atoms with van der Waals surface area (Å²) in [7, 11) is 1.23. The number of benzene rings is 2. The van der Waals surface area contributed by atoms with E-state index in [0.29, 0.717) is 15.7 Å². The Labute approximate surface area is 190 Å². The van der Waals surface area contributed by atoms with Crippen LogP contribution in [0.2, 0.25) is 5.02 Å². The third-order valence-corrected chi connectivity index (χ3v) is 5.16. The summed E-state index contributed by atoms with van der Waals surface area (Å²) >= 11 is 9.52. The number of nitrogens with one attached hydrogen (secondary N) is 1. The number of methoxy groups -OCH3 is 1. The third kappa shape index (κ3) is 4.95. The van der Waals surface area contributed by atoms with E-state index in [0.717, 1.165) is 10.5 Å². The van der Waals surface area contributed by atoms with Crippen LogP contribution in [-0.4, -0.2) is 37.5 Å². The largest absolute Gasteiger partial charge is 0.479 e. The number of hydrogen-bond acceptors (Lipinski definition) is 6. The number of ether oxygens (including phenoxy) is 2. The number of anilines is 1. The normalized spacial score (nSPS) is 15.2. The van der Waals surface area contributed by atoms with Crippen LogP contribution in [0.1, 0.15) is 11.1 Å². The Bertz CT molecular complexity index is 1090. The van der Waals surface area contributed by atoms with Crippen molar-refractivity contribution in [2.75, 3.05) is 18.6 Å². The second kappa shape index (κ2) is 9.32. The number of hydrogen-bond donors (Lipinski definition) is 1. The zero-order chi connectivity index (χ0) is 22.7. The highest BCUT2D eigenvalue weighted by atomic mass is 79.9. The highest BCUT2D eigenvalue weighted by molar-refractivity contribution is 9.10. The maximum Gasteiger partial charge on any atom is 0.343 e. The van der Waals surface area contributed by atoms with Crippen LogP contribution in [0.25, 0.3) is 6.08 Å². The van der Waals surface area contributed by atoms with Crippen molar-refractivity contribution in [1.29, 1.82) is 0 Å². The minimum Gasteiger partial charge on any atom is -0.479 e. The fraction of sp³-hybridized carbons (Fsp3) is 0.143. The molecule has 0 saturated carbocycles. The van der Waals surface area contributed by atoms with E-state index in [1.54, 1.807) is 30.3 Å². The minimum absolute atomic E-state index is 0.139. The predicted molar refractivity (Wildman–Crippen MR) is 117 cm³/mol. The van der Waals surface area contributed by atoms with Crippen molar-refractivity contribution in [3.8, 4) is 5.75 Å². The molecule has 0 aromatic heterocycles. The highest BCUT2D eigenvalue weighted by Gasteiger charge is 2.36. The molecule has 1 N–H and O–H groups in total. The summed E-state index contributed by atoms with van der Waals surface area (Å²) in [5, 5.41) is 2.30. The number of nitrogens with zero attached hydrogens (tertiary/aromatic N) is 1. The van der Waals surface area contributed by atoms with Crippen molar-refractivity contribution in [3.05, 3.63) is 62.6 Å². The first-order valence-electron chi connectivity index (χ1n) is 8.88. The summed E-state index contributed by atoms with van der Waals surface area (Å²) in [6.45, 7) is 1.53. The van der Waals surface area contributed by atoms with E-state index in [2.05, 4.69) is 26.0 Å². The van der Waals surface area contributed by atoms with Crippen molar-refractivity contribution in [3.63, 3.8) is 0 Å². The first-order valence-corrected chi connectivity index (χ1v) is 10.0. The summed E-state index contributed by atoms with van der Waals surface area (Å²) in [5.74, 6) is -1.97. The standard InChI is InChI=1S/C21H16BrClN2O6/c1-11-3-5-13(6-4-11)25-20(28)14(19(27)24-21(25)29)7-12-8-15(22)18(16(23)9-12)31-10-17(26)30-2/h3-9H,10H2,1-2H3,(H,24,27,29)/b14-7+. The Balaban J connectivity index is 1.93. The topological polar surface area (TPSA) is 102 Å². The van der Waals surface area contributed by atoms with Crippen LogP contribution in [0.15, 0.2) is 46.4 Å². The molecule has 160 valence electrons. The smallest absolute Gasteiger partial charge is 0.343 e. The summed E-state index contributed by atoms with van der Waals surface area (Å²) in [6.07, 6.45) is 1.31. The SMILES string of the molecule is COC(=O)COc1c(Cl)cc(/C=C2\C(=O)NC(=O)N(c3ccc(C)cc3)C2=O)cc1Br. The second-order valence-corrected chi connectivity index (χ2v) is 7.73. The average molecular weight is 508 g/mol. The van der Waals surface area contributed by atoms with Gasteiger partial charge in [0.25, 0.3) is 11.8 Å². The number of aryl methyl sites for hydroxylation is 1. The van der Waals surface area contributed by atoms with Gasteiger partial charge in [0.15, 0.2) is 12.4 Å². The van der Waals surface area contributed by atoms with E-state index in [-0.39, 0.29) is 23.0 Å². The Morgan fingerprint density at radius 2 is 1.87 bits per heavy atom. The first-order chi connectivity index (χ1) is 14.7. The molecular weight excluding hydrogens is 492 g/mol. The second-order valence-electron chi connectivity index (χ2n) is 6.47. The maximum atomic E-state index is 12.9. The van der Waals surface area contributed by atoms with Crippen LogP contribution in [0.3, 0.4) is 0 Å². The molecule has 0 radical (unpaired) electrons. The van der Waals surface area contributed by atoms with Crippen LogP contribution in [0.5, 0.6) is 5.75 Å². The fourth-order valence-corrected chi connectivity index (χ4v) is 3.73. The summed E-state index contributed by atoms with van der Waals surface area (Å²) in [4.78, 5) is 49.7. The van der Waals surface area contributed by atoms with Gasteiger partial charge in [-0.05, 0) is 58.8 Å². The highest BCUT2D eigenvalue weighted by Crippen LogP contribution is 2.35. The lowest BCUT2D eigenvalue weighted by molar-refractivity contribution is -0.143. The van der Waals surface area contributed by atoms with E-state index in [1.807, 2.05) is 6.92 Å². The Kier molecular flexibility index (Phi) is 6.77. The Morgan fingerprint density at radius 1 is 1.19 bits per heavy atom. The number of amides is 4. The molecule has 0 unspecified atom stereocenters. The molecule has 31 heavy (non-hydrogen) atoms. The van der Waals surface area contributed by atoms with Gasteiger partial charge in [-0.25, -0.2) is 14.5 Å². The van der Waals surface area contributed by atoms with Gasteiger partial charge < -0.3 is 9.47 Å². The Morgan fingerprint density at radius 3 is 2.48 bits per heavy atom. The minimum atomic E-state index is -0.832. The molecule has 0 aliphatic carbocycles. The number of imide groups is 2. The summed E-state index contributed by atoms with van der Waals surface area (Å²) in [5.41, 5.74) is 1.44. The number of rotatable bonds is 5. The quantitative estimate of drug-likeness (QED) is 0.377. The fourth-order valence-electron chi connectivity index (χ4n) is 2.74. The maximum absolute atomic E-state index is 12.9. The number of esters is 1. The molecule has 0 bridgehead atoms. The number of carbonyl (C=O) groups is 4. The van der Waals surface area contributed by atoms with Crippen molar-refractivity contribution >= 4 is 63.1 Å². The molecule has 0 spiro atoms. The van der Waals surface area contributed by atoms with Crippen LogP contribution in [0.4, 0.5) is 10.5 Å². The lowest BCUT2D eigenvalue weighted by Crippen LogP contribution is -2.54. The van der Waals surface area contributed by atoms with Crippen LogP contribution < -0.4 is 15.0 Å². The van der Waals surface area contributed by atoms with Gasteiger partial charge in [0.1, 0.15) is 5.57 Å². The third-order valence-electron chi connectivity index (χ3n) is 4.29. The lowest BCUT2D eigenvalue weighted by Gasteiger charge is -2.26. The molecule has 10 heteroatoms. The monoisotopic (exact) mass is 506 g/mol. The van der Waals surface area contributed by atoms with Crippen LogP contribution >= 0.6 is 27.5 Å². The van der Waals surface area contributed by atoms with Crippen molar-refractivity contribution in [1.82, 2.24) is 5.32 Å². The number of barbiturate groups is 1. The number of carbonyl (C=O) groups excluding carboxylic acids is 4. The van der Waals surface area contributed by atoms with Gasteiger partial charge in [-0.3, -0.25) is 14.9 Å². The van der Waals surface area contributed by atoms with Crippen LogP contribution in [0, 0.1) is 6.92 Å². The molecule has 1 aliphatic rings. The van der Waals surface area contributed by atoms with Gasteiger partial charge in [0.05, 0.1) is 22.3 Å². The van der Waals surface area contributed by atoms with Crippen molar-refractivity contribution < 1.29 is 28.7 Å². The number of halogens is 2. The molecule has 2 aromatic rings. The van der Waals surface area contributed by atoms with Gasteiger partial charge in [-0.2, -0.15) is 0 Å². The molecule has 0 atom stereocenters. The van der Waals surface area contributed by atoms with E-state index in [9.17, 15) is 19.2 Å². The number of urea groups is 1. The molecule has 3 rings (SSSR count). The molecular formula is C21H16BrClN2O6. The summed E-state index contributed by atoms with van der Waals surface area (Å²) < 4.78 is 10.2. The molecule has 4 amide bonds. The Hall–Kier alpha value is -3.17. The first kappa shape index (κ1) is 22.5. The molecule has 2 aromatic carbocycles. The van der Waals surface area contributed by atoms with Gasteiger partial charge >= 0.3 is 12.0 Å². The van der Waals surface area contributed by atoms with E-state index >= 15 is 0 Å². The molecule has 1 fully saturated rings. The van der Waals surface area contributed by atoms with Crippen LogP contribution in [-0.2, 0) is 19.1 Å². The predicted octanol–water partition coefficient (Wildman–Crippen LogP) is 3.63. The molecule has 1 heterocycles. The van der Waals surface area contributed by atoms with Crippen molar-refractivity contribution in [2.24, 2.45) is 0 Å². The van der Waals surface area contributed by atoms with E-state index in [4.69, 9.17) is 16.3 Å². The van der Waals surface area contributed by atoms with E-state index < -0.39 is 23.8 Å². The zero-order valence-electron chi connectivity index (χ0n) is 16.4.